The zero-order valence-corrected chi connectivity index (χ0v) is 10.4. The number of nitrogens with zero attached hydrogens (tertiary/aromatic N) is 1. The molecule has 1 heterocycles. The van der Waals surface area contributed by atoms with Crippen LogP contribution in [0.3, 0.4) is 0 Å². The van der Waals surface area contributed by atoms with Crippen LogP contribution in [0.25, 0.3) is 0 Å². The Morgan fingerprint density at radius 1 is 1.22 bits per heavy atom. The van der Waals surface area contributed by atoms with E-state index in [9.17, 15) is 9.59 Å². The quantitative estimate of drug-likeness (QED) is 0.501. The maximum Gasteiger partial charge on any atom is 0.328 e. The molecule has 0 aromatic carbocycles. The van der Waals surface area contributed by atoms with Crippen LogP contribution in [-0.2, 0) is 4.79 Å². The van der Waals surface area contributed by atoms with Crippen molar-refractivity contribution >= 4 is 12.0 Å². The average molecular weight is 259 g/mol. The van der Waals surface area contributed by atoms with E-state index in [-0.39, 0.29) is 0 Å². The first kappa shape index (κ1) is 14.7. The summed E-state index contributed by atoms with van der Waals surface area (Å²) in [6, 6.07) is -1.81. The van der Waals surface area contributed by atoms with Gasteiger partial charge in [-0.15, -0.1) is 0 Å². The number of aliphatic hydroxyl groups is 1. The Morgan fingerprint density at radius 3 is 2.44 bits per heavy atom. The lowest BCUT2D eigenvalue weighted by molar-refractivity contribution is -0.140. The Balaban J connectivity index is 2.14. The molecule has 0 saturated carbocycles. The average Bonchev–Trinajstić information content (AvgIpc) is 2.37. The molecule has 0 spiro atoms. The number of hydrogen-bond donors (Lipinski definition) is 4. The standard InChI is InChI=1S/C11H21N3O4/c15-8-9(10(16)17)13-11(18)12-4-7-14-5-2-1-3-6-14/h9,15H,1-8H2,(H,16,17)(H2,12,13,18)/t9-/m0/s1. The number of aliphatic carboxylic acids is 1. The predicted molar refractivity (Wildman–Crippen MR) is 65.3 cm³/mol. The molecule has 7 heteroatoms. The minimum Gasteiger partial charge on any atom is -0.480 e. The van der Waals surface area contributed by atoms with Crippen molar-refractivity contribution in [1.82, 2.24) is 15.5 Å². The van der Waals surface area contributed by atoms with E-state index in [1.54, 1.807) is 0 Å². The fourth-order valence-corrected chi connectivity index (χ4v) is 1.91. The number of nitrogens with one attached hydrogen (secondary N) is 2. The van der Waals surface area contributed by atoms with E-state index in [0.717, 1.165) is 19.6 Å². The molecule has 0 aromatic rings. The first-order chi connectivity index (χ1) is 8.63. The zero-order chi connectivity index (χ0) is 13.4. The minimum absolute atomic E-state index is 0.476. The van der Waals surface area contributed by atoms with E-state index in [1.807, 2.05) is 0 Å². The van der Waals surface area contributed by atoms with Crippen molar-refractivity contribution in [3.8, 4) is 0 Å². The van der Waals surface area contributed by atoms with Crippen molar-refractivity contribution in [3.63, 3.8) is 0 Å². The van der Waals surface area contributed by atoms with Crippen molar-refractivity contribution in [3.05, 3.63) is 0 Å². The number of aliphatic hydroxyl groups excluding tert-OH is 1. The van der Waals surface area contributed by atoms with Crippen molar-refractivity contribution < 1.29 is 19.8 Å². The highest BCUT2D eigenvalue weighted by Crippen LogP contribution is 2.07. The van der Waals surface area contributed by atoms with Crippen LogP contribution >= 0.6 is 0 Å². The molecule has 104 valence electrons. The molecule has 1 aliphatic rings. The molecule has 7 nitrogen and oxygen atoms in total. The monoisotopic (exact) mass is 259 g/mol. The van der Waals surface area contributed by atoms with Gasteiger partial charge in [0.25, 0.3) is 0 Å². The molecule has 0 aliphatic carbocycles. The summed E-state index contributed by atoms with van der Waals surface area (Å²) in [5, 5.41) is 22.2. The van der Waals surface area contributed by atoms with Crippen LogP contribution < -0.4 is 10.6 Å². The van der Waals surface area contributed by atoms with Crippen LogP contribution in [0, 0.1) is 0 Å². The van der Waals surface area contributed by atoms with Gasteiger partial charge in [-0.1, -0.05) is 6.42 Å². The summed E-state index contributed by atoms with van der Waals surface area (Å²) < 4.78 is 0. The third-order valence-electron chi connectivity index (χ3n) is 2.95. The van der Waals surface area contributed by atoms with Crippen molar-refractivity contribution in [2.24, 2.45) is 0 Å². The SMILES string of the molecule is O=C(NCCN1CCCCC1)N[C@@H](CO)C(=O)O. The third kappa shape index (κ3) is 5.33. The summed E-state index contributed by atoms with van der Waals surface area (Å²) >= 11 is 0. The molecule has 1 saturated heterocycles. The van der Waals surface area contributed by atoms with Gasteiger partial charge in [0.1, 0.15) is 0 Å². The fraction of sp³-hybridized carbons (Fsp3) is 0.818. The van der Waals surface area contributed by atoms with Crippen molar-refractivity contribution in [2.45, 2.75) is 25.3 Å². The Bertz CT molecular complexity index is 279. The molecular weight excluding hydrogens is 238 g/mol. The van der Waals surface area contributed by atoms with Gasteiger partial charge in [0, 0.05) is 13.1 Å². The third-order valence-corrected chi connectivity index (χ3v) is 2.95. The van der Waals surface area contributed by atoms with Gasteiger partial charge < -0.3 is 25.7 Å². The number of urea groups is 1. The number of rotatable bonds is 6. The van der Waals surface area contributed by atoms with E-state index < -0.39 is 24.6 Å². The molecule has 1 aliphatic heterocycles. The molecule has 1 atom stereocenters. The number of piperidine rings is 1. The van der Waals surface area contributed by atoms with Crippen LogP contribution in [0.15, 0.2) is 0 Å². The molecule has 2 amide bonds. The van der Waals surface area contributed by atoms with Gasteiger partial charge in [-0.05, 0) is 25.9 Å². The number of amides is 2. The summed E-state index contributed by atoms with van der Waals surface area (Å²) in [6.45, 7) is 2.73. The normalized spacial score (nSPS) is 18.1. The summed E-state index contributed by atoms with van der Waals surface area (Å²) in [6.07, 6.45) is 3.65. The number of carbonyl (C=O) groups excluding carboxylic acids is 1. The van der Waals surface area contributed by atoms with Gasteiger partial charge in [-0.3, -0.25) is 0 Å². The Hall–Kier alpha value is -1.34. The fourth-order valence-electron chi connectivity index (χ4n) is 1.91. The first-order valence-electron chi connectivity index (χ1n) is 6.24. The van der Waals surface area contributed by atoms with Crippen LogP contribution in [0.2, 0.25) is 0 Å². The molecule has 1 fully saturated rings. The highest BCUT2D eigenvalue weighted by Gasteiger charge is 2.18. The van der Waals surface area contributed by atoms with Crippen LogP contribution in [-0.4, -0.2) is 65.9 Å². The minimum atomic E-state index is -1.25. The lowest BCUT2D eigenvalue weighted by Gasteiger charge is -2.26. The largest absolute Gasteiger partial charge is 0.480 e. The summed E-state index contributed by atoms with van der Waals surface area (Å²) in [4.78, 5) is 24.2. The number of hydrogen-bond acceptors (Lipinski definition) is 4. The lowest BCUT2D eigenvalue weighted by atomic mass is 10.1. The van der Waals surface area contributed by atoms with Crippen LogP contribution in [0.4, 0.5) is 4.79 Å². The lowest BCUT2D eigenvalue weighted by Crippen LogP contribution is -2.49. The van der Waals surface area contributed by atoms with E-state index >= 15 is 0 Å². The number of carboxylic acid groups (broad SMARTS) is 1. The van der Waals surface area contributed by atoms with Crippen molar-refractivity contribution in [2.75, 3.05) is 32.8 Å². The summed E-state index contributed by atoms with van der Waals surface area (Å²) in [5.41, 5.74) is 0. The van der Waals surface area contributed by atoms with E-state index in [4.69, 9.17) is 10.2 Å². The molecule has 4 N–H and O–H groups in total. The Labute approximate surface area is 106 Å². The topological polar surface area (TPSA) is 102 Å². The second-order valence-corrected chi connectivity index (χ2v) is 4.38. The molecule has 0 radical (unpaired) electrons. The second-order valence-electron chi connectivity index (χ2n) is 4.38. The number of likely N-dealkylation sites (tertiary alicyclic amines) is 1. The van der Waals surface area contributed by atoms with E-state index in [2.05, 4.69) is 15.5 Å². The van der Waals surface area contributed by atoms with Crippen LogP contribution in [0.1, 0.15) is 19.3 Å². The molecule has 0 bridgehead atoms. The smallest absolute Gasteiger partial charge is 0.328 e. The second kappa shape index (κ2) is 7.88. The van der Waals surface area contributed by atoms with Gasteiger partial charge in [-0.25, -0.2) is 9.59 Å². The maximum absolute atomic E-state index is 11.3. The molecule has 18 heavy (non-hydrogen) atoms. The predicted octanol–water partition coefficient (Wildman–Crippen LogP) is -0.783. The highest BCUT2D eigenvalue weighted by molar-refractivity contribution is 5.82. The molecule has 0 aromatic heterocycles. The van der Waals surface area contributed by atoms with Gasteiger partial charge in [-0.2, -0.15) is 0 Å². The number of carboxylic acids is 1. The van der Waals surface area contributed by atoms with Gasteiger partial charge in [0.2, 0.25) is 0 Å². The molecule has 0 unspecified atom stereocenters. The number of carbonyl (C=O) groups is 2. The summed E-state index contributed by atoms with van der Waals surface area (Å²) in [7, 11) is 0. The maximum atomic E-state index is 11.3. The Morgan fingerprint density at radius 2 is 1.89 bits per heavy atom. The van der Waals surface area contributed by atoms with Gasteiger partial charge in [0.15, 0.2) is 6.04 Å². The molecular formula is C11H21N3O4. The van der Waals surface area contributed by atoms with Crippen molar-refractivity contribution in [1.29, 1.82) is 0 Å². The Kier molecular flexibility index (Phi) is 6.45. The highest BCUT2D eigenvalue weighted by atomic mass is 16.4. The van der Waals surface area contributed by atoms with Crippen LogP contribution in [0.5, 0.6) is 0 Å². The first-order valence-corrected chi connectivity index (χ1v) is 6.24. The van der Waals surface area contributed by atoms with E-state index in [0.29, 0.717) is 6.54 Å². The van der Waals surface area contributed by atoms with Gasteiger partial charge in [0.05, 0.1) is 6.61 Å². The van der Waals surface area contributed by atoms with E-state index in [1.165, 1.54) is 19.3 Å². The van der Waals surface area contributed by atoms with Gasteiger partial charge >= 0.3 is 12.0 Å². The zero-order valence-electron chi connectivity index (χ0n) is 10.4. The summed E-state index contributed by atoms with van der Waals surface area (Å²) in [5.74, 6) is -1.25. The molecule has 1 rings (SSSR count).